The van der Waals surface area contributed by atoms with Crippen LogP contribution in [-0.2, 0) is 6.42 Å². The number of aryl methyl sites for hydroxylation is 1. The number of rotatable bonds is 1. The molecule has 0 atom stereocenters. The lowest BCUT2D eigenvalue weighted by molar-refractivity contribution is 0.910. The smallest absolute Gasteiger partial charge is 0.202 e. The average molecular weight is 253 g/mol. The Morgan fingerprint density at radius 3 is 2.94 bits per heavy atom. The van der Waals surface area contributed by atoms with Crippen molar-refractivity contribution in [2.24, 2.45) is 0 Å². The van der Waals surface area contributed by atoms with Crippen LogP contribution >= 0.6 is 11.3 Å². The van der Waals surface area contributed by atoms with Crippen molar-refractivity contribution in [1.29, 1.82) is 0 Å². The van der Waals surface area contributed by atoms with Gasteiger partial charge in [-0.25, -0.2) is 9.50 Å². The summed E-state index contributed by atoms with van der Waals surface area (Å²) in [5.74, 6) is 0.913. The highest BCUT2D eigenvalue weighted by Gasteiger charge is 2.11. The third-order valence-electron chi connectivity index (χ3n) is 3.21. The lowest BCUT2D eigenvalue weighted by Crippen LogP contribution is -1.88. The predicted octanol–water partition coefficient (Wildman–Crippen LogP) is 3.66. The summed E-state index contributed by atoms with van der Waals surface area (Å²) in [5, 5.41) is 7.08. The second kappa shape index (κ2) is 3.53. The van der Waals surface area contributed by atoms with Crippen molar-refractivity contribution in [2.45, 2.75) is 13.3 Å². The Labute approximate surface area is 108 Å². The highest BCUT2D eigenvalue weighted by molar-refractivity contribution is 7.23. The predicted molar refractivity (Wildman–Crippen MR) is 75.3 cm³/mol. The van der Waals surface area contributed by atoms with Gasteiger partial charge >= 0.3 is 0 Å². The van der Waals surface area contributed by atoms with Gasteiger partial charge in [-0.15, -0.1) is 5.10 Å². The third kappa shape index (κ3) is 1.24. The number of hydrogen-bond acceptors (Lipinski definition) is 3. The fraction of sp³-hybridized carbons (Fsp3) is 0.143. The maximum absolute atomic E-state index is 4.59. The van der Waals surface area contributed by atoms with Gasteiger partial charge in [0, 0.05) is 11.8 Å². The molecule has 0 fully saturated rings. The van der Waals surface area contributed by atoms with Gasteiger partial charge in [-0.2, -0.15) is 0 Å². The molecule has 0 aliphatic heterocycles. The summed E-state index contributed by atoms with van der Waals surface area (Å²) in [6.07, 6.45) is 0.876. The van der Waals surface area contributed by atoms with Gasteiger partial charge in [0.05, 0.1) is 10.2 Å². The molecule has 0 bridgehead atoms. The van der Waals surface area contributed by atoms with Gasteiger partial charge < -0.3 is 0 Å². The van der Waals surface area contributed by atoms with Gasteiger partial charge in [-0.3, -0.25) is 0 Å². The number of benzene rings is 2. The van der Waals surface area contributed by atoms with Crippen molar-refractivity contribution in [2.75, 3.05) is 0 Å². The minimum atomic E-state index is 0.876. The molecule has 0 amide bonds. The molecule has 0 N–H and O–H groups in total. The number of fused-ring (bicyclic) bond motifs is 5. The summed E-state index contributed by atoms with van der Waals surface area (Å²) in [6.45, 7) is 2.08. The Morgan fingerprint density at radius 2 is 2.06 bits per heavy atom. The van der Waals surface area contributed by atoms with Gasteiger partial charge in [0.1, 0.15) is 0 Å². The summed E-state index contributed by atoms with van der Waals surface area (Å²) in [5.41, 5.74) is 1.18. The minimum absolute atomic E-state index is 0.876. The van der Waals surface area contributed by atoms with Crippen LogP contribution in [0.5, 0.6) is 0 Å². The largest absolute Gasteiger partial charge is 0.213 e. The number of hydrogen-bond donors (Lipinski definition) is 0. The summed E-state index contributed by atoms with van der Waals surface area (Å²) >= 11 is 1.70. The van der Waals surface area contributed by atoms with Gasteiger partial charge in [0.25, 0.3) is 0 Å². The van der Waals surface area contributed by atoms with E-state index in [0.29, 0.717) is 0 Å². The number of nitrogens with zero attached hydrogens (tertiary/aromatic N) is 3. The maximum Gasteiger partial charge on any atom is 0.213 e. The molecule has 4 rings (SSSR count). The van der Waals surface area contributed by atoms with Gasteiger partial charge in [-0.05, 0) is 11.5 Å². The average Bonchev–Trinajstić information content (AvgIpc) is 2.94. The fourth-order valence-corrected chi connectivity index (χ4v) is 3.33. The van der Waals surface area contributed by atoms with E-state index in [1.54, 1.807) is 11.3 Å². The van der Waals surface area contributed by atoms with Gasteiger partial charge in [0.2, 0.25) is 4.96 Å². The standard InChI is InChI=1S/C14H11N3S/c1-2-12-15-14-17(16-12)13-10-6-4-3-5-9(10)7-8-11(13)18-14/h3-8H,2H2,1H3. The highest BCUT2D eigenvalue weighted by Crippen LogP contribution is 2.31. The molecule has 2 aromatic heterocycles. The molecule has 2 aromatic carbocycles. The summed E-state index contributed by atoms with van der Waals surface area (Å²) in [4.78, 5) is 5.53. The van der Waals surface area contributed by atoms with Crippen LogP contribution in [0.25, 0.3) is 25.9 Å². The van der Waals surface area contributed by atoms with E-state index in [1.165, 1.54) is 21.0 Å². The Balaban J connectivity index is 2.26. The Hall–Kier alpha value is -1.94. The first-order chi connectivity index (χ1) is 8.86. The first-order valence-corrected chi connectivity index (χ1v) is 6.84. The van der Waals surface area contributed by atoms with Crippen molar-refractivity contribution in [3.63, 3.8) is 0 Å². The molecule has 0 unspecified atom stereocenters. The van der Waals surface area contributed by atoms with Crippen LogP contribution < -0.4 is 0 Å². The zero-order valence-electron chi connectivity index (χ0n) is 9.92. The van der Waals surface area contributed by atoms with Crippen LogP contribution in [0.1, 0.15) is 12.7 Å². The van der Waals surface area contributed by atoms with Gasteiger partial charge in [0.15, 0.2) is 5.82 Å². The van der Waals surface area contributed by atoms with Crippen molar-refractivity contribution in [3.05, 3.63) is 42.2 Å². The van der Waals surface area contributed by atoms with Crippen LogP contribution in [0.3, 0.4) is 0 Å². The van der Waals surface area contributed by atoms with Crippen molar-refractivity contribution >= 4 is 37.3 Å². The molecule has 4 heteroatoms. The Kier molecular flexibility index (Phi) is 1.96. The minimum Gasteiger partial charge on any atom is -0.202 e. The monoisotopic (exact) mass is 253 g/mol. The van der Waals surface area contributed by atoms with E-state index in [4.69, 9.17) is 0 Å². The Morgan fingerprint density at radius 1 is 1.17 bits per heavy atom. The van der Waals surface area contributed by atoms with E-state index in [0.717, 1.165) is 17.2 Å². The Bertz CT molecular complexity index is 873. The summed E-state index contributed by atoms with van der Waals surface area (Å²) in [7, 11) is 0. The van der Waals surface area contributed by atoms with E-state index in [1.807, 2.05) is 4.52 Å². The van der Waals surface area contributed by atoms with Gasteiger partial charge in [-0.1, -0.05) is 48.6 Å². The number of aromatic nitrogens is 3. The molecule has 0 aliphatic rings. The zero-order valence-corrected chi connectivity index (χ0v) is 10.7. The third-order valence-corrected chi connectivity index (χ3v) is 4.21. The molecule has 0 saturated heterocycles. The van der Waals surface area contributed by atoms with E-state index >= 15 is 0 Å². The van der Waals surface area contributed by atoms with E-state index in [2.05, 4.69) is 53.4 Å². The first kappa shape index (κ1) is 10.0. The van der Waals surface area contributed by atoms with E-state index < -0.39 is 0 Å². The second-order valence-corrected chi connectivity index (χ2v) is 5.32. The first-order valence-electron chi connectivity index (χ1n) is 6.02. The van der Waals surface area contributed by atoms with E-state index in [9.17, 15) is 0 Å². The summed E-state index contributed by atoms with van der Waals surface area (Å²) < 4.78 is 3.23. The van der Waals surface area contributed by atoms with Crippen LogP contribution in [0.15, 0.2) is 36.4 Å². The van der Waals surface area contributed by atoms with Crippen LogP contribution in [-0.4, -0.2) is 14.6 Å². The molecule has 0 radical (unpaired) electrons. The number of thiazole rings is 1. The van der Waals surface area contributed by atoms with Crippen LogP contribution in [0, 0.1) is 0 Å². The second-order valence-electron chi connectivity index (χ2n) is 4.31. The molecule has 0 saturated carbocycles. The van der Waals surface area contributed by atoms with Crippen LogP contribution in [0.4, 0.5) is 0 Å². The molecular formula is C14H11N3S. The molecule has 0 aliphatic carbocycles. The SMILES string of the molecule is CCc1nc2sc3ccc4ccccc4c3n2n1. The molecule has 3 nitrogen and oxygen atoms in total. The van der Waals surface area contributed by atoms with Crippen molar-refractivity contribution < 1.29 is 0 Å². The highest BCUT2D eigenvalue weighted by atomic mass is 32.1. The summed E-state index contributed by atoms with van der Waals surface area (Å²) in [6, 6.07) is 12.7. The molecule has 0 spiro atoms. The molecular weight excluding hydrogens is 242 g/mol. The van der Waals surface area contributed by atoms with Crippen LogP contribution in [0.2, 0.25) is 0 Å². The normalized spacial score (nSPS) is 11.8. The lowest BCUT2D eigenvalue weighted by atomic mass is 10.1. The van der Waals surface area contributed by atoms with Crippen molar-refractivity contribution in [1.82, 2.24) is 14.6 Å². The molecule has 4 aromatic rings. The van der Waals surface area contributed by atoms with E-state index in [-0.39, 0.29) is 0 Å². The molecule has 2 heterocycles. The topological polar surface area (TPSA) is 30.2 Å². The lowest BCUT2D eigenvalue weighted by Gasteiger charge is -1.98. The molecule has 88 valence electrons. The van der Waals surface area contributed by atoms with Crippen molar-refractivity contribution in [3.8, 4) is 0 Å². The molecule has 18 heavy (non-hydrogen) atoms. The fourth-order valence-electron chi connectivity index (χ4n) is 2.33. The zero-order chi connectivity index (χ0) is 12.1. The maximum atomic E-state index is 4.59. The quantitative estimate of drug-likeness (QED) is 0.518.